The van der Waals surface area contributed by atoms with E-state index in [1.54, 1.807) is 13.0 Å². The van der Waals surface area contributed by atoms with Crippen LogP contribution in [0.25, 0.3) is 0 Å². The maximum absolute atomic E-state index is 12.8. The third-order valence-electron chi connectivity index (χ3n) is 2.57. The van der Waals surface area contributed by atoms with Crippen molar-refractivity contribution >= 4 is 11.6 Å². The van der Waals surface area contributed by atoms with Crippen LogP contribution in [-0.4, -0.2) is 17.8 Å². The van der Waals surface area contributed by atoms with Crippen molar-refractivity contribution in [3.63, 3.8) is 0 Å². The van der Waals surface area contributed by atoms with Crippen LogP contribution in [0.2, 0.25) is 5.02 Å². The molecule has 17 heavy (non-hydrogen) atoms. The molecule has 0 aromatic heterocycles. The lowest BCUT2D eigenvalue weighted by Crippen LogP contribution is -2.23. The second-order valence-corrected chi connectivity index (χ2v) is 4.96. The standard InChI is InChI=1S/C13H19ClFNO/c1-9(5-10(2)17)7-16-8-11-3-4-12(15)6-13(11)14/h3-4,6,9-10,16-17H,5,7-8H2,1-2H3. The zero-order valence-electron chi connectivity index (χ0n) is 10.2. The number of hydrogen-bond acceptors (Lipinski definition) is 2. The van der Waals surface area contributed by atoms with Gasteiger partial charge in [0.05, 0.1) is 6.10 Å². The number of hydrogen-bond donors (Lipinski definition) is 2. The highest BCUT2D eigenvalue weighted by molar-refractivity contribution is 6.31. The summed E-state index contributed by atoms with van der Waals surface area (Å²) < 4.78 is 12.8. The summed E-state index contributed by atoms with van der Waals surface area (Å²) >= 11 is 5.91. The van der Waals surface area contributed by atoms with Crippen molar-refractivity contribution in [1.29, 1.82) is 0 Å². The van der Waals surface area contributed by atoms with Crippen molar-refractivity contribution in [2.45, 2.75) is 32.9 Å². The summed E-state index contributed by atoms with van der Waals surface area (Å²) in [6.07, 6.45) is 0.491. The lowest BCUT2D eigenvalue weighted by molar-refractivity contribution is 0.163. The van der Waals surface area contributed by atoms with Crippen LogP contribution >= 0.6 is 11.6 Å². The molecule has 0 bridgehead atoms. The Morgan fingerprint density at radius 1 is 1.41 bits per heavy atom. The van der Waals surface area contributed by atoms with Crippen molar-refractivity contribution in [3.05, 3.63) is 34.6 Å². The molecule has 1 rings (SSSR count). The molecular weight excluding hydrogens is 241 g/mol. The van der Waals surface area contributed by atoms with Crippen molar-refractivity contribution in [1.82, 2.24) is 5.32 Å². The molecular formula is C13H19ClFNO. The lowest BCUT2D eigenvalue weighted by atomic mass is 10.0. The molecule has 1 aromatic rings. The second kappa shape index (κ2) is 6.94. The average Bonchev–Trinajstić information content (AvgIpc) is 2.20. The van der Waals surface area contributed by atoms with Gasteiger partial charge in [0.25, 0.3) is 0 Å². The monoisotopic (exact) mass is 259 g/mol. The zero-order valence-corrected chi connectivity index (χ0v) is 11.0. The Kier molecular flexibility index (Phi) is 5.89. The van der Waals surface area contributed by atoms with Gasteiger partial charge in [-0.15, -0.1) is 0 Å². The molecule has 0 saturated heterocycles. The van der Waals surface area contributed by atoms with Gasteiger partial charge in [-0.2, -0.15) is 0 Å². The summed E-state index contributed by atoms with van der Waals surface area (Å²) in [5.41, 5.74) is 0.886. The van der Waals surface area contributed by atoms with E-state index in [0.29, 0.717) is 17.5 Å². The highest BCUT2D eigenvalue weighted by Gasteiger charge is 2.06. The van der Waals surface area contributed by atoms with E-state index in [2.05, 4.69) is 12.2 Å². The third kappa shape index (κ3) is 5.48. The second-order valence-electron chi connectivity index (χ2n) is 4.56. The molecule has 0 amide bonds. The van der Waals surface area contributed by atoms with Gasteiger partial charge in [-0.1, -0.05) is 24.6 Å². The average molecular weight is 260 g/mol. The SMILES string of the molecule is CC(O)CC(C)CNCc1ccc(F)cc1Cl. The molecule has 0 aliphatic heterocycles. The number of nitrogens with one attached hydrogen (secondary N) is 1. The fourth-order valence-corrected chi connectivity index (χ4v) is 2.02. The number of aliphatic hydroxyl groups is 1. The molecule has 2 atom stereocenters. The van der Waals surface area contributed by atoms with E-state index in [4.69, 9.17) is 11.6 Å². The first-order chi connectivity index (χ1) is 7.99. The molecule has 0 saturated carbocycles. The Labute approximate surface area is 107 Å². The van der Waals surface area contributed by atoms with Crippen LogP contribution in [0.5, 0.6) is 0 Å². The molecule has 2 nitrogen and oxygen atoms in total. The Balaban J connectivity index is 2.35. The summed E-state index contributed by atoms with van der Waals surface area (Å²) in [7, 11) is 0. The predicted molar refractivity (Wildman–Crippen MR) is 68.6 cm³/mol. The number of benzene rings is 1. The maximum Gasteiger partial charge on any atom is 0.124 e. The quantitative estimate of drug-likeness (QED) is 0.823. The number of aliphatic hydroxyl groups excluding tert-OH is 1. The van der Waals surface area contributed by atoms with Crippen molar-refractivity contribution in [2.75, 3.05) is 6.54 Å². The van der Waals surface area contributed by atoms with Crippen molar-refractivity contribution < 1.29 is 9.50 Å². The summed E-state index contributed by atoms with van der Waals surface area (Å²) in [5.74, 6) is 0.0791. The first-order valence-electron chi connectivity index (χ1n) is 5.81. The van der Waals surface area contributed by atoms with Crippen LogP contribution in [0.4, 0.5) is 4.39 Å². The minimum atomic E-state index is -0.318. The Morgan fingerprint density at radius 3 is 2.71 bits per heavy atom. The van der Waals surface area contributed by atoms with Crippen LogP contribution in [0, 0.1) is 11.7 Å². The lowest BCUT2D eigenvalue weighted by Gasteiger charge is -2.14. The maximum atomic E-state index is 12.8. The molecule has 0 spiro atoms. The molecule has 0 aliphatic carbocycles. The van der Waals surface area contributed by atoms with E-state index < -0.39 is 0 Å². The summed E-state index contributed by atoms with van der Waals surface area (Å²) in [6, 6.07) is 4.41. The number of halogens is 2. The largest absolute Gasteiger partial charge is 0.393 e. The Morgan fingerprint density at radius 2 is 2.12 bits per heavy atom. The van der Waals surface area contributed by atoms with Gasteiger partial charge in [-0.05, 0) is 43.5 Å². The molecule has 2 N–H and O–H groups in total. The van der Waals surface area contributed by atoms with E-state index in [-0.39, 0.29) is 11.9 Å². The van der Waals surface area contributed by atoms with Gasteiger partial charge in [-0.3, -0.25) is 0 Å². The van der Waals surface area contributed by atoms with Gasteiger partial charge in [0, 0.05) is 11.6 Å². The van der Waals surface area contributed by atoms with E-state index in [1.807, 2.05) is 0 Å². The fourth-order valence-electron chi connectivity index (χ4n) is 1.78. The van der Waals surface area contributed by atoms with Crippen molar-refractivity contribution in [2.24, 2.45) is 5.92 Å². The molecule has 96 valence electrons. The van der Waals surface area contributed by atoms with Gasteiger partial charge >= 0.3 is 0 Å². The smallest absolute Gasteiger partial charge is 0.124 e. The Bertz CT molecular complexity index is 357. The highest BCUT2D eigenvalue weighted by Crippen LogP contribution is 2.17. The minimum absolute atomic E-state index is 0.277. The predicted octanol–water partition coefficient (Wildman–Crippen LogP) is 2.98. The molecule has 0 aliphatic rings. The number of rotatable bonds is 6. The van der Waals surface area contributed by atoms with Gasteiger partial charge in [0.2, 0.25) is 0 Å². The molecule has 0 heterocycles. The van der Waals surface area contributed by atoms with E-state index >= 15 is 0 Å². The summed E-state index contributed by atoms with van der Waals surface area (Å²) in [6.45, 7) is 5.28. The zero-order chi connectivity index (χ0) is 12.8. The molecule has 4 heteroatoms. The van der Waals surface area contributed by atoms with Gasteiger partial charge in [0.15, 0.2) is 0 Å². The molecule has 1 aromatic carbocycles. The van der Waals surface area contributed by atoms with Gasteiger partial charge in [0.1, 0.15) is 5.82 Å². The Hall–Kier alpha value is -0.640. The van der Waals surface area contributed by atoms with E-state index in [9.17, 15) is 9.50 Å². The fraction of sp³-hybridized carbons (Fsp3) is 0.538. The van der Waals surface area contributed by atoms with Crippen LogP contribution in [-0.2, 0) is 6.54 Å². The third-order valence-corrected chi connectivity index (χ3v) is 2.92. The highest BCUT2D eigenvalue weighted by atomic mass is 35.5. The van der Waals surface area contributed by atoms with E-state index in [0.717, 1.165) is 18.5 Å². The first kappa shape index (κ1) is 14.4. The van der Waals surface area contributed by atoms with Gasteiger partial charge in [-0.25, -0.2) is 4.39 Å². The first-order valence-corrected chi connectivity index (χ1v) is 6.19. The summed E-state index contributed by atoms with van der Waals surface area (Å²) in [5, 5.41) is 12.9. The van der Waals surface area contributed by atoms with Crippen LogP contribution in [0.1, 0.15) is 25.8 Å². The normalized spacial score (nSPS) is 14.6. The molecule has 0 fully saturated rings. The van der Waals surface area contributed by atoms with Gasteiger partial charge < -0.3 is 10.4 Å². The van der Waals surface area contributed by atoms with Crippen LogP contribution in [0.3, 0.4) is 0 Å². The molecule has 0 radical (unpaired) electrons. The van der Waals surface area contributed by atoms with Crippen LogP contribution < -0.4 is 5.32 Å². The minimum Gasteiger partial charge on any atom is -0.393 e. The van der Waals surface area contributed by atoms with Crippen LogP contribution in [0.15, 0.2) is 18.2 Å². The summed E-state index contributed by atoms with van der Waals surface area (Å²) in [4.78, 5) is 0. The van der Waals surface area contributed by atoms with E-state index in [1.165, 1.54) is 12.1 Å². The topological polar surface area (TPSA) is 32.3 Å². The van der Waals surface area contributed by atoms with Crippen molar-refractivity contribution in [3.8, 4) is 0 Å². The molecule has 2 unspecified atom stereocenters.